The summed E-state index contributed by atoms with van der Waals surface area (Å²) in [6.07, 6.45) is 0. The third kappa shape index (κ3) is 3.05. The maximum Gasteiger partial charge on any atom is 0.0795 e. The Kier molecular flexibility index (Phi) is 4.15. The van der Waals surface area contributed by atoms with E-state index in [1.165, 1.54) is 0 Å². The number of anilines is 1. The van der Waals surface area contributed by atoms with Gasteiger partial charge in [0, 0.05) is 5.38 Å². The number of hydrogen-bond acceptors (Lipinski definition) is 3. The molecule has 1 aromatic heterocycles. The summed E-state index contributed by atoms with van der Waals surface area (Å²) >= 11 is 19.5. The van der Waals surface area contributed by atoms with Crippen molar-refractivity contribution < 1.29 is 0 Å². The van der Waals surface area contributed by atoms with Crippen LogP contribution in [0.2, 0.25) is 15.1 Å². The molecule has 1 unspecified atom stereocenters. The molecule has 0 saturated heterocycles. The van der Waals surface area contributed by atoms with Crippen LogP contribution >= 0.6 is 46.1 Å². The summed E-state index contributed by atoms with van der Waals surface area (Å²) in [5, 5.41) is 6.71. The van der Waals surface area contributed by atoms with Gasteiger partial charge in [0.25, 0.3) is 0 Å². The number of hydrogen-bond donors (Lipinski definition) is 1. The summed E-state index contributed by atoms with van der Waals surface area (Å²) in [6, 6.07) is 3.41. The van der Waals surface area contributed by atoms with Gasteiger partial charge in [-0.3, -0.25) is 0 Å². The molecule has 0 radical (unpaired) electrons. The average Bonchev–Trinajstić information content (AvgIpc) is 2.79. The second kappa shape index (κ2) is 5.44. The van der Waals surface area contributed by atoms with Crippen molar-refractivity contribution in [2.75, 3.05) is 5.32 Å². The molecule has 0 aliphatic rings. The van der Waals surface area contributed by atoms with Gasteiger partial charge in [-0.1, -0.05) is 34.8 Å². The van der Waals surface area contributed by atoms with Crippen LogP contribution in [-0.2, 0) is 0 Å². The highest BCUT2D eigenvalue weighted by Gasteiger charge is 2.11. The monoisotopic (exact) mass is 306 g/mol. The zero-order valence-electron chi connectivity index (χ0n) is 8.88. The SMILES string of the molecule is CC(Nc1cc(Cl)c(Cl)cc1Cl)c1cscn1. The number of benzene rings is 1. The highest BCUT2D eigenvalue weighted by molar-refractivity contribution is 7.07. The molecule has 1 heterocycles. The topological polar surface area (TPSA) is 24.9 Å². The first-order valence-electron chi connectivity index (χ1n) is 4.87. The standard InChI is InChI=1S/C11H9Cl3N2S/c1-6(11-4-17-5-15-11)16-10-3-8(13)7(12)2-9(10)14/h2-6,16H,1H3. The van der Waals surface area contributed by atoms with E-state index in [0.717, 1.165) is 11.4 Å². The molecule has 0 amide bonds. The van der Waals surface area contributed by atoms with Gasteiger partial charge < -0.3 is 5.32 Å². The first-order valence-corrected chi connectivity index (χ1v) is 6.94. The molecular weight excluding hydrogens is 299 g/mol. The molecule has 0 aliphatic carbocycles. The van der Waals surface area contributed by atoms with Gasteiger partial charge in [-0.05, 0) is 19.1 Å². The maximum atomic E-state index is 6.08. The summed E-state index contributed by atoms with van der Waals surface area (Å²) < 4.78 is 0. The van der Waals surface area contributed by atoms with Crippen LogP contribution in [0.4, 0.5) is 5.69 Å². The smallest absolute Gasteiger partial charge is 0.0795 e. The third-order valence-corrected chi connectivity index (χ3v) is 3.92. The Labute approximate surface area is 119 Å². The van der Waals surface area contributed by atoms with Gasteiger partial charge in [0.05, 0.1) is 38.0 Å². The van der Waals surface area contributed by atoms with Gasteiger partial charge in [0.15, 0.2) is 0 Å². The molecule has 0 spiro atoms. The zero-order chi connectivity index (χ0) is 12.4. The van der Waals surface area contributed by atoms with Gasteiger partial charge in [0.1, 0.15) is 0 Å². The van der Waals surface area contributed by atoms with Crippen LogP contribution in [0.1, 0.15) is 18.7 Å². The molecule has 1 atom stereocenters. The maximum absolute atomic E-state index is 6.08. The van der Waals surface area contributed by atoms with Crippen molar-refractivity contribution in [3.63, 3.8) is 0 Å². The second-order valence-corrected chi connectivity index (χ2v) is 5.47. The van der Waals surface area contributed by atoms with Gasteiger partial charge in [-0.15, -0.1) is 11.3 Å². The van der Waals surface area contributed by atoms with E-state index < -0.39 is 0 Å². The van der Waals surface area contributed by atoms with E-state index in [2.05, 4.69) is 10.3 Å². The molecule has 0 bridgehead atoms. The Bertz CT molecular complexity index is 514. The lowest BCUT2D eigenvalue weighted by atomic mass is 10.2. The number of thiazole rings is 1. The Morgan fingerprint density at radius 2 is 1.88 bits per heavy atom. The Morgan fingerprint density at radius 1 is 1.18 bits per heavy atom. The molecule has 0 aliphatic heterocycles. The molecule has 2 rings (SSSR count). The lowest BCUT2D eigenvalue weighted by molar-refractivity contribution is 0.850. The number of rotatable bonds is 3. The minimum atomic E-state index is 0.0657. The van der Waals surface area contributed by atoms with Crippen LogP contribution in [-0.4, -0.2) is 4.98 Å². The molecule has 0 fully saturated rings. The number of nitrogens with one attached hydrogen (secondary N) is 1. The molecule has 0 saturated carbocycles. The number of aromatic nitrogens is 1. The molecule has 6 heteroatoms. The van der Waals surface area contributed by atoms with Gasteiger partial charge >= 0.3 is 0 Å². The van der Waals surface area contributed by atoms with Crippen LogP contribution in [0, 0.1) is 0 Å². The van der Waals surface area contributed by atoms with E-state index >= 15 is 0 Å². The van der Waals surface area contributed by atoms with Crippen molar-refractivity contribution in [2.24, 2.45) is 0 Å². The van der Waals surface area contributed by atoms with Crippen molar-refractivity contribution >= 4 is 51.8 Å². The van der Waals surface area contributed by atoms with E-state index in [9.17, 15) is 0 Å². The first-order chi connectivity index (χ1) is 8.08. The average molecular weight is 308 g/mol. The molecule has 1 aromatic carbocycles. The van der Waals surface area contributed by atoms with Gasteiger partial charge in [-0.2, -0.15) is 0 Å². The summed E-state index contributed by atoms with van der Waals surface area (Å²) in [5.74, 6) is 0. The highest BCUT2D eigenvalue weighted by Crippen LogP contribution is 2.33. The van der Waals surface area contributed by atoms with Crippen molar-refractivity contribution in [2.45, 2.75) is 13.0 Å². The molecule has 17 heavy (non-hydrogen) atoms. The lowest BCUT2D eigenvalue weighted by Crippen LogP contribution is -2.07. The fourth-order valence-corrected chi connectivity index (χ4v) is 2.63. The predicted molar refractivity (Wildman–Crippen MR) is 75.6 cm³/mol. The molecule has 2 aromatic rings. The fourth-order valence-electron chi connectivity index (χ4n) is 1.38. The van der Waals surface area contributed by atoms with Crippen LogP contribution in [0.15, 0.2) is 23.0 Å². The third-order valence-electron chi connectivity index (χ3n) is 2.28. The van der Waals surface area contributed by atoms with Crippen LogP contribution < -0.4 is 5.32 Å². The predicted octanol–water partition coefficient (Wildman–Crippen LogP) is 5.28. The van der Waals surface area contributed by atoms with Crippen molar-refractivity contribution in [3.05, 3.63) is 43.8 Å². The highest BCUT2D eigenvalue weighted by atomic mass is 35.5. The van der Waals surface area contributed by atoms with E-state index in [-0.39, 0.29) is 6.04 Å². The molecular formula is C11H9Cl3N2S. The van der Waals surface area contributed by atoms with Crippen LogP contribution in [0.5, 0.6) is 0 Å². The fraction of sp³-hybridized carbons (Fsp3) is 0.182. The van der Waals surface area contributed by atoms with Crippen LogP contribution in [0.25, 0.3) is 0 Å². The molecule has 1 N–H and O–H groups in total. The van der Waals surface area contributed by atoms with E-state index in [4.69, 9.17) is 34.8 Å². The first kappa shape index (κ1) is 13.0. The largest absolute Gasteiger partial charge is 0.376 e. The number of nitrogens with zero attached hydrogens (tertiary/aromatic N) is 1. The van der Waals surface area contributed by atoms with Gasteiger partial charge in [-0.25, -0.2) is 4.98 Å². The summed E-state index contributed by atoms with van der Waals surface area (Å²) in [5.41, 5.74) is 3.52. The van der Waals surface area contributed by atoms with E-state index in [1.807, 2.05) is 12.3 Å². The zero-order valence-corrected chi connectivity index (χ0v) is 12.0. The minimum Gasteiger partial charge on any atom is -0.376 e. The number of halogens is 3. The molecule has 90 valence electrons. The second-order valence-electron chi connectivity index (χ2n) is 3.53. The molecule has 2 nitrogen and oxygen atoms in total. The lowest BCUT2D eigenvalue weighted by Gasteiger charge is -2.15. The summed E-state index contributed by atoms with van der Waals surface area (Å²) in [4.78, 5) is 4.24. The van der Waals surface area contributed by atoms with Crippen molar-refractivity contribution in [1.82, 2.24) is 4.98 Å². The minimum absolute atomic E-state index is 0.0657. The summed E-state index contributed by atoms with van der Waals surface area (Å²) in [7, 11) is 0. The van der Waals surface area contributed by atoms with Crippen molar-refractivity contribution in [3.8, 4) is 0 Å². The Morgan fingerprint density at radius 3 is 2.53 bits per heavy atom. The van der Waals surface area contributed by atoms with E-state index in [1.54, 1.807) is 29.0 Å². The Hall–Kier alpha value is -0.480. The van der Waals surface area contributed by atoms with Gasteiger partial charge in [0.2, 0.25) is 0 Å². The van der Waals surface area contributed by atoms with Crippen molar-refractivity contribution in [1.29, 1.82) is 0 Å². The Balaban J connectivity index is 2.22. The summed E-state index contributed by atoms with van der Waals surface area (Å²) in [6.45, 7) is 2.01. The van der Waals surface area contributed by atoms with Crippen LogP contribution in [0.3, 0.4) is 0 Å². The quantitative estimate of drug-likeness (QED) is 0.781. The van der Waals surface area contributed by atoms with E-state index in [0.29, 0.717) is 15.1 Å². The normalized spacial score (nSPS) is 12.5.